The van der Waals surface area contributed by atoms with Crippen molar-refractivity contribution in [3.8, 4) is 0 Å². The zero-order chi connectivity index (χ0) is 14.8. The van der Waals surface area contributed by atoms with E-state index in [4.69, 9.17) is 4.74 Å². The molecule has 6 heteroatoms. The van der Waals surface area contributed by atoms with Crippen molar-refractivity contribution in [2.45, 2.75) is 44.1 Å². The second kappa shape index (κ2) is 8.92. The van der Waals surface area contributed by atoms with Gasteiger partial charge in [0.05, 0.1) is 7.11 Å². The summed E-state index contributed by atoms with van der Waals surface area (Å²) in [4.78, 5) is 23.1. The Kier molecular flexibility index (Phi) is 7.54. The SMILES string of the molecule is COC(=O)CCCCCNC(=O)C1(OC)CCNCC1. The number of piperidine rings is 1. The Balaban J connectivity index is 2.17. The topological polar surface area (TPSA) is 76.7 Å². The van der Waals surface area contributed by atoms with Crippen LogP contribution in [0.25, 0.3) is 0 Å². The van der Waals surface area contributed by atoms with Gasteiger partial charge in [-0.15, -0.1) is 0 Å². The maximum atomic E-state index is 12.2. The Morgan fingerprint density at radius 1 is 1.15 bits per heavy atom. The molecule has 0 aliphatic carbocycles. The molecule has 0 unspecified atom stereocenters. The van der Waals surface area contributed by atoms with Crippen LogP contribution >= 0.6 is 0 Å². The van der Waals surface area contributed by atoms with Crippen LogP contribution < -0.4 is 10.6 Å². The van der Waals surface area contributed by atoms with E-state index in [1.807, 2.05) is 0 Å². The van der Waals surface area contributed by atoms with Gasteiger partial charge in [0.25, 0.3) is 5.91 Å². The first-order valence-corrected chi connectivity index (χ1v) is 7.25. The molecule has 0 spiro atoms. The average molecular weight is 286 g/mol. The smallest absolute Gasteiger partial charge is 0.305 e. The number of hydrogen-bond donors (Lipinski definition) is 2. The fraction of sp³-hybridized carbons (Fsp3) is 0.857. The average Bonchev–Trinajstić information content (AvgIpc) is 2.50. The molecule has 1 amide bonds. The van der Waals surface area contributed by atoms with Gasteiger partial charge < -0.3 is 20.1 Å². The van der Waals surface area contributed by atoms with Crippen LogP contribution in [0.15, 0.2) is 0 Å². The highest BCUT2D eigenvalue weighted by molar-refractivity contribution is 5.85. The summed E-state index contributed by atoms with van der Waals surface area (Å²) in [6, 6.07) is 0. The Morgan fingerprint density at radius 2 is 1.85 bits per heavy atom. The molecular formula is C14H26N2O4. The fourth-order valence-electron chi connectivity index (χ4n) is 2.39. The molecule has 0 radical (unpaired) electrons. The molecule has 0 aromatic rings. The molecule has 1 aliphatic rings. The van der Waals surface area contributed by atoms with Crippen molar-refractivity contribution in [2.75, 3.05) is 33.9 Å². The number of ether oxygens (including phenoxy) is 2. The zero-order valence-electron chi connectivity index (χ0n) is 12.5. The highest BCUT2D eigenvalue weighted by atomic mass is 16.5. The molecule has 2 N–H and O–H groups in total. The minimum Gasteiger partial charge on any atom is -0.469 e. The summed E-state index contributed by atoms with van der Waals surface area (Å²) in [5, 5.41) is 6.16. The van der Waals surface area contributed by atoms with E-state index in [2.05, 4.69) is 15.4 Å². The van der Waals surface area contributed by atoms with E-state index in [1.54, 1.807) is 7.11 Å². The van der Waals surface area contributed by atoms with Crippen LogP contribution in [0.1, 0.15) is 38.5 Å². The monoisotopic (exact) mass is 286 g/mol. The Bertz CT molecular complexity index is 314. The number of esters is 1. The molecule has 0 atom stereocenters. The molecule has 1 rings (SSSR count). The van der Waals surface area contributed by atoms with E-state index in [0.29, 0.717) is 25.8 Å². The van der Waals surface area contributed by atoms with Gasteiger partial charge in [0.15, 0.2) is 0 Å². The lowest BCUT2D eigenvalue weighted by Gasteiger charge is -2.34. The number of carbonyl (C=O) groups excluding carboxylic acids is 2. The van der Waals surface area contributed by atoms with Gasteiger partial charge in [0.2, 0.25) is 0 Å². The number of hydrogen-bond acceptors (Lipinski definition) is 5. The van der Waals surface area contributed by atoms with Crippen LogP contribution in [0.3, 0.4) is 0 Å². The van der Waals surface area contributed by atoms with E-state index in [1.165, 1.54) is 7.11 Å². The normalized spacial score (nSPS) is 17.5. The molecule has 0 bridgehead atoms. The van der Waals surface area contributed by atoms with Gasteiger partial charge in [-0.25, -0.2) is 0 Å². The number of methoxy groups -OCH3 is 2. The van der Waals surface area contributed by atoms with Gasteiger partial charge in [0, 0.05) is 20.1 Å². The van der Waals surface area contributed by atoms with Gasteiger partial charge in [-0.3, -0.25) is 9.59 Å². The van der Waals surface area contributed by atoms with E-state index in [0.717, 1.165) is 32.4 Å². The quantitative estimate of drug-likeness (QED) is 0.505. The second-order valence-electron chi connectivity index (χ2n) is 5.09. The molecule has 1 saturated heterocycles. The summed E-state index contributed by atoms with van der Waals surface area (Å²) in [7, 11) is 2.99. The molecule has 1 heterocycles. The predicted molar refractivity (Wildman–Crippen MR) is 75.3 cm³/mol. The Labute approximate surface area is 120 Å². The van der Waals surface area contributed by atoms with E-state index >= 15 is 0 Å². The number of unbranched alkanes of at least 4 members (excludes halogenated alkanes) is 2. The first-order chi connectivity index (χ1) is 9.64. The first kappa shape index (κ1) is 16.9. The predicted octanol–water partition coefficient (Wildman–Crippen LogP) is 0.605. The number of carbonyl (C=O) groups is 2. The van der Waals surface area contributed by atoms with Crippen molar-refractivity contribution >= 4 is 11.9 Å². The summed E-state index contributed by atoms with van der Waals surface area (Å²) in [6.45, 7) is 2.24. The lowest BCUT2D eigenvalue weighted by Crippen LogP contribution is -2.54. The minimum absolute atomic E-state index is 0.0190. The maximum Gasteiger partial charge on any atom is 0.305 e. The molecule has 0 saturated carbocycles. The van der Waals surface area contributed by atoms with E-state index in [9.17, 15) is 9.59 Å². The van der Waals surface area contributed by atoms with Crippen LogP contribution in [0, 0.1) is 0 Å². The molecule has 116 valence electrons. The number of amides is 1. The van der Waals surface area contributed by atoms with Crippen molar-refractivity contribution in [1.29, 1.82) is 0 Å². The third-order valence-corrected chi connectivity index (χ3v) is 3.79. The summed E-state index contributed by atoms with van der Waals surface area (Å²) >= 11 is 0. The van der Waals surface area contributed by atoms with Gasteiger partial charge >= 0.3 is 5.97 Å². The van der Waals surface area contributed by atoms with Gasteiger partial charge in [0.1, 0.15) is 5.60 Å². The van der Waals surface area contributed by atoms with E-state index in [-0.39, 0.29) is 11.9 Å². The zero-order valence-corrected chi connectivity index (χ0v) is 12.5. The molecule has 1 fully saturated rings. The first-order valence-electron chi connectivity index (χ1n) is 7.25. The van der Waals surface area contributed by atoms with Crippen molar-refractivity contribution in [3.05, 3.63) is 0 Å². The molecule has 6 nitrogen and oxygen atoms in total. The van der Waals surface area contributed by atoms with Crippen molar-refractivity contribution in [2.24, 2.45) is 0 Å². The van der Waals surface area contributed by atoms with Crippen molar-refractivity contribution < 1.29 is 19.1 Å². The van der Waals surface area contributed by atoms with Crippen molar-refractivity contribution in [3.63, 3.8) is 0 Å². The van der Waals surface area contributed by atoms with Crippen LogP contribution in [0.4, 0.5) is 0 Å². The van der Waals surface area contributed by atoms with Gasteiger partial charge in [-0.2, -0.15) is 0 Å². The lowest BCUT2D eigenvalue weighted by atomic mass is 9.91. The maximum absolute atomic E-state index is 12.2. The van der Waals surface area contributed by atoms with Crippen LogP contribution in [0.5, 0.6) is 0 Å². The van der Waals surface area contributed by atoms with Crippen LogP contribution in [-0.4, -0.2) is 51.3 Å². The largest absolute Gasteiger partial charge is 0.469 e. The van der Waals surface area contributed by atoms with Crippen LogP contribution in [-0.2, 0) is 19.1 Å². The highest BCUT2D eigenvalue weighted by Gasteiger charge is 2.39. The number of rotatable bonds is 8. The van der Waals surface area contributed by atoms with Crippen molar-refractivity contribution in [1.82, 2.24) is 10.6 Å². The Hall–Kier alpha value is -1.14. The van der Waals surface area contributed by atoms with E-state index < -0.39 is 5.60 Å². The third kappa shape index (κ3) is 5.09. The highest BCUT2D eigenvalue weighted by Crippen LogP contribution is 2.22. The summed E-state index contributed by atoms with van der Waals surface area (Å²) < 4.78 is 10.0. The molecule has 0 aromatic carbocycles. The van der Waals surface area contributed by atoms with Crippen LogP contribution in [0.2, 0.25) is 0 Å². The fourth-order valence-corrected chi connectivity index (χ4v) is 2.39. The minimum atomic E-state index is -0.669. The summed E-state index contributed by atoms with van der Waals surface area (Å²) in [6.07, 6.45) is 4.41. The standard InChI is InChI=1S/C14H26N2O4/c1-19-12(17)6-4-3-5-9-16-13(18)14(20-2)7-10-15-11-8-14/h15H,3-11H2,1-2H3,(H,16,18). The third-order valence-electron chi connectivity index (χ3n) is 3.79. The molecular weight excluding hydrogens is 260 g/mol. The van der Waals surface area contributed by atoms with Gasteiger partial charge in [-0.1, -0.05) is 6.42 Å². The number of nitrogens with one attached hydrogen (secondary N) is 2. The second-order valence-corrected chi connectivity index (χ2v) is 5.09. The molecule has 1 aliphatic heterocycles. The lowest BCUT2D eigenvalue weighted by molar-refractivity contribution is -0.146. The molecule has 0 aromatic heterocycles. The summed E-state index contributed by atoms with van der Waals surface area (Å²) in [5.41, 5.74) is -0.669. The summed E-state index contributed by atoms with van der Waals surface area (Å²) in [5.74, 6) is -0.198. The van der Waals surface area contributed by atoms with Gasteiger partial charge in [-0.05, 0) is 38.8 Å². The molecule has 20 heavy (non-hydrogen) atoms. The Morgan fingerprint density at radius 3 is 2.45 bits per heavy atom.